The smallest absolute Gasteiger partial charge is 0.160 e. The molecular weight excluding hydrogens is 655 g/mol. The van der Waals surface area contributed by atoms with Gasteiger partial charge in [-0.3, -0.25) is 0 Å². The second-order valence-corrected chi connectivity index (χ2v) is 13.8. The molecule has 1 aliphatic heterocycles. The molecule has 0 radical (unpaired) electrons. The first-order valence-electron chi connectivity index (χ1n) is 18.4. The van der Waals surface area contributed by atoms with E-state index in [-0.39, 0.29) is 0 Å². The van der Waals surface area contributed by atoms with Crippen LogP contribution in [-0.2, 0) is 0 Å². The molecular formula is C51H35N3. The lowest BCUT2D eigenvalue weighted by Crippen LogP contribution is -2.18. The summed E-state index contributed by atoms with van der Waals surface area (Å²) >= 11 is 0. The van der Waals surface area contributed by atoms with Gasteiger partial charge in [-0.1, -0.05) is 170 Å². The molecule has 8 aromatic rings. The topological polar surface area (TPSA) is 29.0 Å². The molecule has 0 spiro atoms. The summed E-state index contributed by atoms with van der Waals surface area (Å²) in [5.41, 5.74) is 16.7. The van der Waals surface area contributed by atoms with E-state index in [0.717, 1.165) is 45.0 Å². The minimum atomic E-state index is 0.703. The molecule has 2 heterocycles. The van der Waals surface area contributed by atoms with Gasteiger partial charge in [0.25, 0.3) is 0 Å². The van der Waals surface area contributed by atoms with Crippen molar-refractivity contribution >= 4 is 27.7 Å². The molecule has 1 aromatic heterocycles. The van der Waals surface area contributed by atoms with Gasteiger partial charge in [-0.25, -0.2) is 9.97 Å². The highest BCUT2D eigenvalue weighted by molar-refractivity contribution is 6.18. The zero-order valence-electron chi connectivity index (χ0n) is 29.7. The van der Waals surface area contributed by atoms with E-state index in [1.165, 1.54) is 49.7 Å². The lowest BCUT2D eigenvalue weighted by molar-refractivity contribution is 1.09. The fourth-order valence-corrected chi connectivity index (χ4v) is 8.00. The zero-order chi connectivity index (χ0) is 36.0. The number of rotatable bonds is 5. The summed E-state index contributed by atoms with van der Waals surface area (Å²) in [4.78, 5) is 12.6. The van der Waals surface area contributed by atoms with Crippen molar-refractivity contribution in [1.82, 2.24) is 9.97 Å². The molecule has 54 heavy (non-hydrogen) atoms. The van der Waals surface area contributed by atoms with Crippen molar-refractivity contribution in [3.63, 3.8) is 0 Å². The number of nitrogens with zero attached hydrogens (tertiary/aromatic N) is 3. The lowest BCUT2D eigenvalue weighted by Gasteiger charge is -2.28. The number of aromatic nitrogens is 2. The summed E-state index contributed by atoms with van der Waals surface area (Å²) in [5.74, 6) is 0.703. The summed E-state index contributed by atoms with van der Waals surface area (Å²) in [7, 11) is 0. The maximum absolute atomic E-state index is 5.11. The Bertz CT molecular complexity index is 2770. The molecule has 0 unspecified atom stereocenters. The molecule has 3 nitrogen and oxygen atoms in total. The standard InChI is InChI=1S/C51H35N3/c1-34-13-5-4-10-32-54(47-31-30-43-42-20-11-18-39-19-12-21-44(49(39)42)50(43)48(34)47)41-28-26-38(27-29-41)46-33-45(52-51(53-46)40-16-8-3-9-17-40)37-24-22-36(23-25-37)35-14-6-2-7-15-35/h2-31,33H,1,32H2/b10-4-,13-5-. The van der Waals surface area contributed by atoms with Crippen molar-refractivity contribution in [2.24, 2.45) is 0 Å². The zero-order valence-corrected chi connectivity index (χ0v) is 29.7. The monoisotopic (exact) mass is 689 g/mol. The fraction of sp³-hybridized carbons (Fsp3) is 0.0196. The van der Waals surface area contributed by atoms with Gasteiger partial charge >= 0.3 is 0 Å². The molecule has 0 saturated heterocycles. The van der Waals surface area contributed by atoms with Gasteiger partial charge in [0.05, 0.1) is 11.4 Å². The summed E-state index contributed by atoms with van der Waals surface area (Å²) in [5, 5.41) is 2.58. The van der Waals surface area contributed by atoms with E-state index in [4.69, 9.17) is 9.97 Å². The predicted octanol–water partition coefficient (Wildman–Crippen LogP) is 13.2. The molecule has 1 aliphatic carbocycles. The van der Waals surface area contributed by atoms with E-state index < -0.39 is 0 Å². The van der Waals surface area contributed by atoms with E-state index in [9.17, 15) is 0 Å². The van der Waals surface area contributed by atoms with Gasteiger partial charge in [0.2, 0.25) is 0 Å². The van der Waals surface area contributed by atoms with Crippen molar-refractivity contribution in [1.29, 1.82) is 0 Å². The van der Waals surface area contributed by atoms with Crippen LogP contribution in [0.5, 0.6) is 0 Å². The number of hydrogen-bond acceptors (Lipinski definition) is 3. The highest BCUT2D eigenvalue weighted by Crippen LogP contribution is 2.53. The van der Waals surface area contributed by atoms with Crippen molar-refractivity contribution in [2.45, 2.75) is 0 Å². The maximum Gasteiger partial charge on any atom is 0.160 e. The van der Waals surface area contributed by atoms with Gasteiger partial charge in [0, 0.05) is 45.7 Å². The Labute approximate surface area is 315 Å². The maximum atomic E-state index is 5.11. The van der Waals surface area contributed by atoms with Crippen molar-refractivity contribution < 1.29 is 0 Å². The van der Waals surface area contributed by atoms with Crippen LogP contribution in [0.4, 0.5) is 11.4 Å². The van der Waals surface area contributed by atoms with Crippen molar-refractivity contribution in [3.8, 4) is 67.3 Å². The predicted molar refractivity (Wildman–Crippen MR) is 226 cm³/mol. The van der Waals surface area contributed by atoms with E-state index in [2.05, 4.69) is 175 Å². The van der Waals surface area contributed by atoms with E-state index in [0.29, 0.717) is 12.4 Å². The highest BCUT2D eigenvalue weighted by atomic mass is 15.1. The normalized spacial score (nSPS) is 14.1. The number of hydrogen-bond donors (Lipinski definition) is 0. The SMILES string of the molecule is C=C1/C=C\C=C/CN(c2ccc(-c3cc(-c4ccc(-c5ccccc5)cc4)nc(-c4ccccc4)n3)cc2)c2ccc3c(c21)-c1cccc2cccc-3c12. The molecule has 0 N–H and O–H groups in total. The Morgan fingerprint density at radius 1 is 0.481 bits per heavy atom. The van der Waals surface area contributed by atoms with Crippen LogP contribution in [0.25, 0.3) is 83.6 Å². The number of allylic oxidation sites excluding steroid dienone is 4. The number of anilines is 2. The summed E-state index contributed by atoms with van der Waals surface area (Å²) in [6, 6.07) is 58.0. The molecule has 0 saturated carbocycles. The number of fused-ring (bicyclic) bond motifs is 5. The molecule has 0 atom stereocenters. The van der Waals surface area contributed by atoms with Gasteiger partial charge in [-0.2, -0.15) is 0 Å². The number of benzene rings is 7. The third-order valence-electron chi connectivity index (χ3n) is 10.6. The first-order valence-corrected chi connectivity index (χ1v) is 18.4. The summed E-state index contributed by atoms with van der Waals surface area (Å²) in [6.07, 6.45) is 8.57. The summed E-state index contributed by atoms with van der Waals surface area (Å²) in [6.45, 7) is 5.33. The average Bonchev–Trinajstić information content (AvgIpc) is 3.60. The van der Waals surface area contributed by atoms with E-state index >= 15 is 0 Å². The van der Waals surface area contributed by atoms with Crippen LogP contribution in [0.2, 0.25) is 0 Å². The minimum Gasteiger partial charge on any atom is -0.337 e. The third kappa shape index (κ3) is 5.46. The van der Waals surface area contributed by atoms with Crippen molar-refractivity contribution in [2.75, 3.05) is 11.4 Å². The lowest BCUT2D eigenvalue weighted by atomic mass is 9.91. The molecule has 0 fully saturated rings. The van der Waals surface area contributed by atoms with Crippen LogP contribution in [0.3, 0.4) is 0 Å². The van der Waals surface area contributed by atoms with Crippen molar-refractivity contribution in [3.05, 3.63) is 200 Å². The summed E-state index contributed by atoms with van der Waals surface area (Å²) < 4.78 is 0. The van der Waals surface area contributed by atoms with E-state index in [1.807, 2.05) is 24.3 Å². The van der Waals surface area contributed by atoms with Crippen LogP contribution in [0, 0.1) is 0 Å². The average molecular weight is 690 g/mol. The van der Waals surface area contributed by atoms with Gasteiger partial charge < -0.3 is 4.90 Å². The molecule has 7 aromatic carbocycles. The second kappa shape index (κ2) is 13.1. The fourth-order valence-electron chi connectivity index (χ4n) is 8.00. The Balaban J connectivity index is 1.06. The van der Waals surface area contributed by atoms with Crippen LogP contribution in [0.15, 0.2) is 195 Å². The quantitative estimate of drug-likeness (QED) is 0.180. The van der Waals surface area contributed by atoms with Gasteiger partial charge in [0.15, 0.2) is 5.82 Å². The Kier molecular flexibility index (Phi) is 7.70. The molecule has 3 heteroatoms. The van der Waals surface area contributed by atoms with Crippen LogP contribution >= 0.6 is 0 Å². The first-order chi connectivity index (χ1) is 26.7. The van der Waals surface area contributed by atoms with Crippen LogP contribution in [-0.4, -0.2) is 16.5 Å². The van der Waals surface area contributed by atoms with Crippen LogP contribution in [0.1, 0.15) is 5.56 Å². The van der Waals surface area contributed by atoms with Gasteiger partial charge in [-0.05, 0) is 68.4 Å². The van der Waals surface area contributed by atoms with Gasteiger partial charge in [0.1, 0.15) is 0 Å². The Hall–Kier alpha value is -7.10. The molecule has 254 valence electrons. The second-order valence-electron chi connectivity index (χ2n) is 13.8. The Morgan fingerprint density at radius 3 is 1.80 bits per heavy atom. The minimum absolute atomic E-state index is 0.703. The Morgan fingerprint density at radius 2 is 1.09 bits per heavy atom. The molecule has 0 bridgehead atoms. The van der Waals surface area contributed by atoms with E-state index in [1.54, 1.807) is 0 Å². The molecule has 10 rings (SSSR count). The first kappa shape index (κ1) is 31.6. The molecule has 2 aliphatic rings. The third-order valence-corrected chi connectivity index (χ3v) is 10.6. The largest absolute Gasteiger partial charge is 0.337 e. The van der Waals surface area contributed by atoms with Crippen LogP contribution < -0.4 is 4.90 Å². The highest BCUT2D eigenvalue weighted by Gasteiger charge is 2.28. The molecule has 0 amide bonds. The van der Waals surface area contributed by atoms with Gasteiger partial charge in [-0.15, -0.1) is 0 Å².